The second kappa shape index (κ2) is 6.14. The summed E-state index contributed by atoms with van der Waals surface area (Å²) in [5.41, 5.74) is 0.0751. The molecule has 1 aromatic carbocycles. The van der Waals surface area contributed by atoms with Crippen LogP contribution in [0.5, 0.6) is 0 Å². The van der Waals surface area contributed by atoms with Gasteiger partial charge in [0.2, 0.25) is 10.0 Å². The normalized spacial score (nSPS) is 22.9. The van der Waals surface area contributed by atoms with Crippen molar-refractivity contribution in [3.8, 4) is 11.8 Å². The molecule has 1 aromatic rings. The van der Waals surface area contributed by atoms with Gasteiger partial charge in [-0.05, 0) is 30.0 Å². The van der Waals surface area contributed by atoms with Crippen molar-refractivity contribution in [2.75, 3.05) is 19.7 Å². The zero-order chi connectivity index (χ0) is 15.6. The minimum atomic E-state index is -3.67. The van der Waals surface area contributed by atoms with Gasteiger partial charge in [-0.25, -0.2) is 12.8 Å². The average Bonchev–Trinajstić information content (AvgIpc) is 2.78. The van der Waals surface area contributed by atoms with Gasteiger partial charge in [0.25, 0.3) is 0 Å². The molecule has 0 amide bonds. The molecule has 0 radical (unpaired) electrons. The van der Waals surface area contributed by atoms with E-state index in [0.29, 0.717) is 24.9 Å². The smallest absolute Gasteiger partial charge is 0.243 e. The van der Waals surface area contributed by atoms with E-state index in [1.54, 1.807) is 0 Å². The Morgan fingerprint density at radius 2 is 1.95 bits per heavy atom. The minimum absolute atomic E-state index is 0.0594. The molecule has 0 aliphatic carbocycles. The van der Waals surface area contributed by atoms with Crippen LogP contribution in [-0.4, -0.2) is 37.5 Å². The second-order valence-electron chi connectivity index (χ2n) is 5.38. The van der Waals surface area contributed by atoms with Crippen LogP contribution < -0.4 is 0 Å². The summed E-state index contributed by atoms with van der Waals surface area (Å²) >= 11 is 0. The van der Waals surface area contributed by atoms with Crippen LogP contribution in [0.1, 0.15) is 19.4 Å². The molecule has 1 saturated heterocycles. The number of hydrogen-bond acceptors (Lipinski definition) is 3. The molecule has 21 heavy (non-hydrogen) atoms. The summed E-state index contributed by atoms with van der Waals surface area (Å²) in [5.74, 6) is 4.66. The monoisotopic (exact) mass is 311 g/mol. The van der Waals surface area contributed by atoms with Gasteiger partial charge in [-0.15, -0.1) is 0 Å². The molecule has 1 heterocycles. The molecule has 6 heteroatoms. The number of aliphatic hydroxyl groups excluding tert-OH is 1. The Kier molecular flexibility index (Phi) is 4.67. The molecular weight excluding hydrogens is 293 g/mol. The van der Waals surface area contributed by atoms with Gasteiger partial charge < -0.3 is 5.11 Å². The van der Waals surface area contributed by atoms with Gasteiger partial charge in [0.15, 0.2) is 0 Å². The van der Waals surface area contributed by atoms with E-state index in [0.717, 1.165) is 6.07 Å². The van der Waals surface area contributed by atoms with Gasteiger partial charge in [-0.1, -0.05) is 25.7 Å². The highest BCUT2D eigenvalue weighted by Crippen LogP contribution is 2.28. The molecule has 2 atom stereocenters. The first kappa shape index (κ1) is 16.0. The standard InChI is InChI=1S/C15H18FNO3S/c1-11-9-17(10-12(11)2)21(19,20)14-6-5-13(4-3-7-18)15(16)8-14/h5-6,8,11-12,18H,7,9-10H2,1-2H3. The molecule has 0 spiro atoms. The molecule has 1 aliphatic rings. The summed E-state index contributed by atoms with van der Waals surface area (Å²) < 4.78 is 40.2. The van der Waals surface area contributed by atoms with E-state index in [2.05, 4.69) is 11.8 Å². The lowest BCUT2D eigenvalue weighted by atomic mass is 10.0. The maximum Gasteiger partial charge on any atom is 0.243 e. The highest BCUT2D eigenvalue weighted by molar-refractivity contribution is 7.89. The van der Waals surface area contributed by atoms with Crippen molar-refractivity contribution in [3.63, 3.8) is 0 Å². The Balaban J connectivity index is 2.31. The van der Waals surface area contributed by atoms with Crippen molar-refractivity contribution < 1.29 is 17.9 Å². The SMILES string of the molecule is CC1CN(S(=O)(=O)c2ccc(C#CCO)c(F)c2)CC1C. The summed E-state index contributed by atoms with van der Waals surface area (Å²) in [6.45, 7) is 4.56. The number of nitrogens with zero attached hydrogens (tertiary/aromatic N) is 1. The van der Waals surface area contributed by atoms with E-state index in [4.69, 9.17) is 5.11 Å². The van der Waals surface area contributed by atoms with E-state index in [1.165, 1.54) is 16.4 Å². The number of hydrogen-bond donors (Lipinski definition) is 1. The molecule has 1 N–H and O–H groups in total. The van der Waals surface area contributed by atoms with Crippen LogP contribution >= 0.6 is 0 Å². The molecule has 0 saturated carbocycles. The van der Waals surface area contributed by atoms with Gasteiger partial charge >= 0.3 is 0 Å². The average molecular weight is 311 g/mol. The van der Waals surface area contributed by atoms with Crippen LogP contribution in [0.15, 0.2) is 23.1 Å². The fourth-order valence-corrected chi connectivity index (χ4v) is 3.97. The predicted molar refractivity (Wildman–Crippen MR) is 77.5 cm³/mol. The van der Waals surface area contributed by atoms with E-state index in [-0.39, 0.29) is 17.1 Å². The molecule has 0 bridgehead atoms. The molecule has 114 valence electrons. The Labute approximate surface area is 124 Å². The maximum absolute atomic E-state index is 13.9. The van der Waals surface area contributed by atoms with Crippen LogP contribution in [0.25, 0.3) is 0 Å². The van der Waals surface area contributed by atoms with Crippen molar-refractivity contribution in [2.24, 2.45) is 11.8 Å². The third-order valence-electron chi connectivity index (χ3n) is 3.84. The molecule has 2 unspecified atom stereocenters. The lowest BCUT2D eigenvalue weighted by molar-refractivity contribution is 0.350. The number of benzene rings is 1. The number of sulfonamides is 1. The van der Waals surface area contributed by atoms with Crippen LogP contribution in [0, 0.1) is 29.5 Å². The van der Waals surface area contributed by atoms with Crippen molar-refractivity contribution in [1.29, 1.82) is 0 Å². The van der Waals surface area contributed by atoms with E-state index >= 15 is 0 Å². The van der Waals surface area contributed by atoms with Crippen molar-refractivity contribution in [2.45, 2.75) is 18.7 Å². The quantitative estimate of drug-likeness (QED) is 0.841. The maximum atomic E-state index is 13.9. The number of rotatable bonds is 2. The fraction of sp³-hybridized carbons (Fsp3) is 0.467. The first-order chi connectivity index (χ1) is 9.86. The predicted octanol–water partition coefficient (Wildman–Crippen LogP) is 1.45. The second-order valence-corrected chi connectivity index (χ2v) is 7.32. The van der Waals surface area contributed by atoms with Crippen LogP contribution in [-0.2, 0) is 10.0 Å². The molecule has 0 aromatic heterocycles. The Hall–Kier alpha value is -1.42. The highest BCUT2D eigenvalue weighted by atomic mass is 32.2. The Morgan fingerprint density at radius 3 is 2.48 bits per heavy atom. The molecule has 4 nitrogen and oxygen atoms in total. The van der Waals surface area contributed by atoms with Crippen molar-refractivity contribution in [1.82, 2.24) is 4.31 Å². The first-order valence-corrected chi connectivity index (χ1v) is 8.19. The van der Waals surface area contributed by atoms with Gasteiger partial charge in [-0.2, -0.15) is 4.31 Å². The lowest BCUT2D eigenvalue weighted by Gasteiger charge is -2.16. The molecule has 2 rings (SSSR count). The lowest BCUT2D eigenvalue weighted by Crippen LogP contribution is -2.29. The van der Waals surface area contributed by atoms with Crippen LogP contribution in [0.4, 0.5) is 4.39 Å². The van der Waals surface area contributed by atoms with E-state index < -0.39 is 15.8 Å². The zero-order valence-corrected chi connectivity index (χ0v) is 12.8. The number of halogens is 1. The topological polar surface area (TPSA) is 57.6 Å². The summed E-state index contributed by atoms with van der Waals surface area (Å²) in [7, 11) is -3.67. The van der Waals surface area contributed by atoms with Crippen LogP contribution in [0.3, 0.4) is 0 Å². The summed E-state index contributed by atoms with van der Waals surface area (Å²) in [6, 6.07) is 3.67. The van der Waals surface area contributed by atoms with Crippen molar-refractivity contribution in [3.05, 3.63) is 29.6 Å². The Bertz CT molecular complexity index is 681. The van der Waals surface area contributed by atoms with Crippen LogP contribution in [0.2, 0.25) is 0 Å². The largest absolute Gasteiger partial charge is 0.384 e. The third kappa shape index (κ3) is 3.26. The van der Waals surface area contributed by atoms with Gasteiger partial charge in [0.1, 0.15) is 12.4 Å². The molecule has 1 aliphatic heterocycles. The number of aliphatic hydroxyl groups is 1. The van der Waals surface area contributed by atoms with Gasteiger partial charge in [-0.3, -0.25) is 0 Å². The minimum Gasteiger partial charge on any atom is -0.384 e. The summed E-state index contributed by atoms with van der Waals surface area (Å²) in [4.78, 5) is -0.0594. The van der Waals surface area contributed by atoms with E-state index in [9.17, 15) is 12.8 Å². The third-order valence-corrected chi connectivity index (χ3v) is 5.66. The highest BCUT2D eigenvalue weighted by Gasteiger charge is 2.35. The zero-order valence-electron chi connectivity index (χ0n) is 12.0. The first-order valence-electron chi connectivity index (χ1n) is 6.75. The fourth-order valence-electron chi connectivity index (χ4n) is 2.31. The summed E-state index contributed by atoms with van der Waals surface area (Å²) in [6.07, 6.45) is 0. The summed E-state index contributed by atoms with van der Waals surface area (Å²) in [5, 5.41) is 8.60. The van der Waals surface area contributed by atoms with Gasteiger partial charge in [0.05, 0.1) is 10.5 Å². The molecule has 1 fully saturated rings. The molecular formula is C15H18FNO3S. The van der Waals surface area contributed by atoms with Crippen molar-refractivity contribution >= 4 is 10.0 Å². The van der Waals surface area contributed by atoms with Gasteiger partial charge in [0, 0.05) is 13.1 Å². The Morgan fingerprint density at radius 1 is 1.33 bits per heavy atom. The van der Waals surface area contributed by atoms with E-state index in [1.807, 2.05) is 13.8 Å².